The van der Waals surface area contributed by atoms with Crippen LogP contribution in [0.1, 0.15) is 25.8 Å². The van der Waals surface area contributed by atoms with E-state index in [2.05, 4.69) is 16.7 Å². The molecular formula is C22H23FN4O3. The van der Waals surface area contributed by atoms with Crippen molar-refractivity contribution in [3.63, 3.8) is 0 Å². The molecule has 2 aromatic heterocycles. The highest BCUT2D eigenvalue weighted by Crippen LogP contribution is 2.25. The molecule has 0 aliphatic rings. The van der Waals surface area contributed by atoms with Crippen molar-refractivity contribution >= 4 is 11.9 Å². The Balaban J connectivity index is 2.14. The van der Waals surface area contributed by atoms with Crippen LogP contribution in [0.2, 0.25) is 0 Å². The van der Waals surface area contributed by atoms with Gasteiger partial charge in [0.1, 0.15) is 0 Å². The number of halogens is 1. The molecule has 7 nitrogen and oxygen atoms in total. The van der Waals surface area contributed by atoms with Gasteiger partial charge in [-0.05, 0) is 41.8 Å². The van der Waals surface area contributed by atoms with Crippen molar-refractivity contribution in [2.75, 3.05) is 7.11 Å². The number of benzene rings is 1. The highest BCUT2D eigenvalue weighted by atomic mass is 19.1. The lowest BCUT2D eigenvalue weighted by molar-refractivity contribution is -0.120. The van der Waals surface area contributed by atoms with E-state index in [1.54, 1.807) is 24.4 Å². The van der Waals surface area contributed by atoms with Gasteiger partial charge in [0.2, 0.25) is 0 Å². The summed E-state index contributed by atoms with van der Waals surface area (Å²) in [6, 6.07) is 7.56. The maximum Gasteiger partial charge on any atom is 0.352 e. The summed E-state index contributed by atoms with van der Waals surface area (Å²) in [5, 5.41) is 4.39. The van der Waals surface area contributed by atoms with Gasteiger partial charge in [-0.1, -0.05) is 26.5 Å². The summed E-state index contributed by atoms with van der Waals surface area (Å²) < 4.78 is 21.3. The summed E-state index contributed by atoms with van der Waals surface area (Å²) in [4.78, 5) is 29.8. The molecule has 0 spiro atoms. The Kier molecular flexibility index (Phi) is 6.25. The molecule has 0 bridgehead atoms. The maximum absolute atomic E-state index is 13.9. The second-order valence-corrected chi connectivity index (χ2v) is 7.24. The number of methoxy groups -OCH3 is 1. The number of hydrogen-bond acceptors (Lipinski definition) is 5. The first-order valence-corrected chi connectivity index (χ1v) is 9.48. The monoisotopic (exact) mass is 410 g/mol. The number of carbonyl (C=O) groups excluding carboxylic acids is 1. The molecule has 3 rings (SSSR count). The first kappa shape index (κ1) is 21.2. The molecule has 0 amide bonds. The van der Waals surface area contributed by atoms with Gasteiger partial charge in [-0.2, -0.15) is 4.68 Å². The van der Waals surface area contributed by atoms with Crippen LogP contribution in [0.5, 0.6) is 5.75 Å². The smallest absolute Gasteiger partial charge is 0.352 e. The molecule has 0 aliphatic heterocycles. The second kappa shape index (κ2) is 8.86. The minimum atomic E-state index is -0.535. The summed E-state index contributed by atoms with van der Waals surface area (Å²) >= 11 is 0. The molecule has 0 aliphatic carbocycles. The Morgan fingerprint density at radius 2 is 2.07 bits per heavy atom. The third kappa shape index (κ3) is 4.37. The molecule has 0 fully saturated rings. The first-order chi connectivity index (χ1) is 14.3. The molecule has 0 atom stereocenters. The lowest BCUT2D eigenvalue weighted by Gasteiger charge is -2.08. The molecule has 2 heterocycles. The van der Waals surface area contributed by atoms with E-state index in [0.717, 1.165) is 10.2 Å². The van der Waals surface area contributed by atoms with Gasteiger partial charge in [-0.15, -0.1) is 5.10 Å². The van der Waals surface area contributed by atoms with Gasteiger partial charge in [0.05, 0.1) is 13.7 Å². The van der Waals surface area contributed by atoms with E-state index in [9.17, 15) is 14.0 Å². The molecule has 1 aromatic carbocycles. The average molecular weight is 410 g/mol. The summed E-state index contributed by atoms with van der Waals surface area (Å²) in [5.41, 5.74) is 0.732. The largest absolute Gasteiger partial charge is 0.494 e. The number of carbonyl (C=O) groups is 1. The van der Waals surface area contributed by atoms with Gasteiger partial charge in [-0.25, -0.2) is 14.2 Å². The molecule has 0 saturated heterocycles. The van der Waals surface area contributed by atoms with Crippen LogP contribution in [0.4, 0.5) is 4.39 Å². The molecule has 30 heavy (non-hydrogen) atoms. The Hall–Kier alpha value is -3.55. The molecule has 0 saturated carbocycles. The van der Waals surface area contributed by atoms with Gasteiger partial charge in [-0.3, -0.25) is 9.36 Å². The van der Waals surface area contributed by atoms with E-state index in [4.69, 9.17) is 4.74 Å². The number of ketones is 1. The summed E-state index contributed by atoms with van der Waals surface area (Å²) in [5.74, 6) is 0.0683. The fraction of sp³-hybridized carbons (Fsp3) is 0.273. The van der Waals surface area contributed by atoms with Crippen LogP contribution in [0.3, 0.4) is 0 Å². The number of nitrogens with zero attached hydrogens (tertiary/aromatic N) is 4. The highest BCUT2D eigenvalue weighted by molar-refractivity contribution is 5.79. The molecule has 0 radical (unpaired) electrons. The van der Waals surface area contributed by atoms with Crippen LogP contribution in [-0.4, -0.2) is 32.2 Å². The Morgan fingerprint density at radius 3 is 2.67 bits per heavy atom. The van der Waals surface area contributed by atoms with Crippen LogP contribution in [0.15, 0.2) is 47.9 Å². The minimum Gasteiger partial charge on any atom is -0.494 e. The van der Waals surface area contributed by atoms with Gasteiger partial charge < -0.3 is 4.74 Å². The highest BCUT2D eigenvalue weighted by Gasteiger charge is 2.20. The van der Waals surface area contributed by atoms with E-state index in [0.29, 0.717) is 17.8 Å². The lowest BCUT2D eigenvalue weighted by Crippen LogP contribution is -2.27. The van der Waals surface area contributed by atoms with E-state index in [1.165, 1.54) is 29.9 Å². The zero-order valence-electron chi connectivity index (χ0n) is 17.1. The first-order valence-electron chi connectivity index (χ1n) is 9.48. The third-order valence-corrected chi connectivity index (χ3v) is 4.47. The fourth-order valence-corrected chi connectivity index (χ4v) is 3.04. The number of rotatable bonds is 8. The third-order valence-electron chi connectivity index (χ3n) is 4.47. The Morgan fingerprint density at radius 1 is 1.30 bits per heavy atom. The average Bonchev–Trinajstić information content (AvgIpc) is 3.04. The summed E-state index contributed by atoms with van der Waals surface area (Å²) in [6.45, 7) is 7.40. The predicted molar refractivity (Wildman–Crippen MR) is 112 cm³/mol. The quantitative estimate of drug-likeness (QED) is 0.568. The lowest BCUT2D eigenvalue weighted by atomic mass is 10.1. The minimum absolute atomic E-state index is 0.0167. The van der Waals surface area contributed by atoms with Gasteiger partial charge >= 0.3 is 5.69 Å². The van der Waals surface area contributed by atoms with Crippen molar-refractivity contribution in [2.45, 2.75) is 26.8 Å². The predicted octanol–water partition coefficient (Wildman–Crippen LogP) is 3.50. The van der Waals surface area contributed by atoms with Gasteiger partial charge in [0.15, 0.2) is 29.0 Å². The Bertz CT molecular complexity index is 1130. The molecule has 8 heteroatoms. The van der Waals surface area contributed by atoms with Gasteiger partial charge in [0.25, 0.3) is 0 Å². The number of Topliss-reactive ketones (excluding diaryl/α,β-unsaturated/α-hetero) is 1. The topological polar surface area (TPSA) is 79.0 Å². The second-order valence-electron chi connectivity index (χ2n) is 7.24. The van der Waals surface area contributed by atoms with Crippen LogP contribution >= 0.6 is 0 Å². The van der Waals surface area contributed by atoms with Crippen molar-refractivity contribution in [3.8, 4) is 23.0 Å². The molecular weight excluding hydrogens is 387 g/mol. The number of aromatic nitrogens is 4. The number of hydrogen-bond donors (Lipinski definition) is 0. The van der Waals surface area contributed by atoms with Crippen LogP contribution in [0, 0.1) is 11.7 Å². The van der Waals surface area contributed by atoms with E-state index >= 15 is 0 Å². The molecule has 0 unspecified atom stereocenters. The zero-order chi connectivity index (χ0) is 21.8. The standard InChI is InChI=1S/C22H23FN4O3/c1-5-15-6-9-20(24-12-15)27-22(29)26(13-17(28)10-14(2)3)21(25-27)16-7-8-18(23)19(11-16)30-4/h5-9,11-12,14H,1,10,13H2,2-4H3. The van der Waals surface area contributed by atoms with Crippen LogP contribution in [0.25, 0.3) is 23.3 Å². The molecule has 0 N–H and O–H groups in total. The molecule has 3 aromatic rings. The van der Waals surface area contributed by atoms with Crippen molar-refractivity contribution in [1.82, 2.24) is 19.3 Å². The maximum atomic E-state index is 13.9. The zero-order valence-corrected chi connectivity index (χ0v) is 17.1. The molecule has 156 valence electrons. The van der Waals surface area contributed by atoms with Crippen molar-refractivity contribution in [1.29, 1.82) is 0 Å². The van der Waals surface area contributed by atoms with Crippen molar-refractivity contribution in [2.24, 2.45) is 5.92 Å². The number of ether oxygens (including phenoxy) is 1. The van der Waals surface area contributed by atoms with Gasteiger partial charge in [0, 0.05) is 18.2 Å². The normalized spacial score (nSPS) is 11.0. The SMILES string of the molecule is C=Cc1ccc(-n2nc(-c3ccc(F)c(OC)c3)n(CC(=O)CC(C)C)c2=O)nc1. The summed E-state index contributed by atoms with van der Waals surface area (Å²) in [6.07, 6.45) is 3.54. The van der Waals surface area contributed by atoms with E-state index in [1.807, 2.05) is 13.8 Å². The summed E-state index contributed by atoms with van der Waals surface area (Å²) in [7, 11) is 1.35. The van der Waals surface area contributed by atoms with Crippen molar-refractivity contribution in [3.05, 3.63) is 65.0 Å². The van der Waals surface area contributed by atoms with Crippen molar-refractivity contribution < 1.29 is 13.9 Å². The van der Waals surface area contributed by atoms with Crippen LogP contribution in [-0.2, 0) is 11.3 Å². The number of pyridine rings is 1. The van der Waals surface area contributed by atoms with E-state index in [-0.39, 0.29) is 29.8 Å². The van der Waals surface area contributed by atoms with E-state index < -0.39 is 11.5 Å². The van der Waals surface area contributed by atoms with Crippen LogP contribution < -0.4 is 10.4 Å². The fourth-order valence-electron chi connectivity index (χ4n) is 3.04. The Labute approximate surface area is 173 Å².